The Hall–Kier alpha value is -4.19. The molecule has 6 nitrogen and oxygen atoms in total. The molecule has 0 radical (unpaired) electrons. The summed E-state index contributed by atoms with van der Waals surface area (Å²) in [5.41, 5.74) is 0. The molecule has 0 unspecified atom stereocenters. The molecule has 426 valence electrons. The molecule has 0 saturated carbocycles. The predicted octanol–water partition coefficient (Wildman–Crippen LogP) is 21.2. The summed E-state index contributed by atoms with van der Waals surface area (Å²) < 4.78 is 16.9. The summed E-state index contributed by atoms with van der Waals surface area (Å²) in [6.45, 7) is 6.38. The lowest BCUT2D eigenvalue weighted by Crippen LogP contribution is -2.30. The van der Waals surface area contributed by atoms with E-state index in [1.165, 1.54) is 103 Å². The van der Waals surface area contributed by atoms with Gasteiger partial charge in [-0.15, -0.1) is 0 Å². The molecule has 0 rings (SSSR count). The summed E-state index contributed by atoms with van der Waals surface area (Å²) in [5, 5.41) is 0. The van der Waals surface area contributed by atoms with Gasteiger partial charge in [0, 0.05) is 19.3 Å². The minimum atomic E-state index is -0.813. The molecule has 0 saturated heterocycles. The molecule has 0 spiro atoms. The van der Waals surface area contributed by atoms with Gasteiger partial charge in [0.2, 0.25) is 0 Å². The molecule has 0 fully saturated rings. The summed E-state index contributed by atoms with van der Waals surface area (Å²) in [7, 11) is 0. The van der Waals surface area contributed by atoms with Crippen LogP contribution in [-0.4, -0.2) is 37.2 Å². The molecule has 6 heteroatoms. The van der Waals surface area contributed by atoms with Crippen LogP contribution in [0.2, 0.25) is 0 Å². The molecule has 0 aromatic carbocycles. The van der Waals surface area contributed by atoms with Crippen molar-refractivity contribution in [2.75, 3.05) is 13.2 Å². The molecule has 0 aromatic heterocycles. The summed E-state index contributed by atoms with van der Waals surface area (Å²) in [6, 6.07) is 0. The Morgan fingerprint density at radius 2 is 0.520 bits per heavy atom. The lowest BCUT2D eigenvalue weighted by Gasteiger charge is -2.18. The molecule has 1 atom stereocenters. The van der Waals surface area contributed by atoms with Crippen molar-refractivity contribution in [2.45, 2.75) is 284 Å². The molecule has 0 bridgehead atoms. The first-order valence-corrected chi connectivity index (χ1v) is 31.0. The third-order valence-corrected chi connectivity index (χ3v) is 13.0. The van der Waals surface area contributed by atoms with Gasteiger partial charge in [0.15, 0.2) is 6.10 Å². The lowest BCUT2D eigenvalue weighted by molar-refractivity contribution is -0.167. The van der Waals surface area contributed by atoms with Crippen LogP contribution in [0.5, 0.6) is 0 Å². The van der Waals surface area contributed by atoms with Crippen LogP contribution in [0.4, 0.5) is 0 Å². The predicted molar refractivity (Wildman–Crippen MR) is 325 cm³/mol. The van der Waals surface area contributed by atoms with Gasteiger partial charge >= 0.3 is 17.9 Å². The Bertz CT molecular complexity index is 1570. The van der Waals surface area contributed by atoms with Crippen molar-refractivity contribution in [3.8, 4) is 0 Å². The van der Waals surface area contributed by atoms with Crippen molar-refractivity contribution in [1.29, 1.82) is 0 Å². The fourth-order valence-corrected chi connectivity index (χ4v) is 8.38. The number of carbonyl (C=O) groups is 3. The molecule has 0 amide bonds. The Morgan fingerprint density at radius 1 is 0.280 bits per heavy atom. The van der Waals surface area contributed by atoms with E-state index in [2.05, 4.69) is 142 Å². The summed E-state index contributed by atoms with van der Waals surface area (Å²) in [5.74, 6) is -0.964. The monoisotopic (exact) mass is 1040 g/mol. The normalized spacial score (nSPS) is 12.9. The summed E-state index contributed by atoms with van der Waals surface area (Å²) in [6.07, 6.45) is 86.2. The Balaban J connectivity index is 4.50. The van der Waals surface area contributed by atoms with Crippen LogP contribution in [-0.2, 0) is 28.6 Å². The zero-order valence-corrected chi connectivity index (χ0v) is 48.8. The zero-order chi connectivity index (χ0) is 54.3. The van der Waals surface area contributed by atoms with Crippen LogP contribution in [0.3, 0.4) is 0 Å². The smallest absolute Gasteiger partial charge is 0.306 e. The van der Waals surface area contributed by atoms with Crippen LogP contribution in [0.15, 0.2) is 122 Å². The highest BCUT2D eigenvalue weighted by atomic mass is 16.6. The van der Waals surface area contributed by atoms with E-state index >= 15 is 0 Å². The molecule has 0 aliphatic heterocycles. The van der Waals surface area contributed by atoms with E-state index in [0.717, 1.165) is 135 Å². The van der Waals surface area contributed by atoms with Crippen LogP contribution in [0.25, 0.3) is 0 Å². The standard InChI is InChI=1S/C69H114O6/c1-4-7-10-13-16-19-22-25-28-31-34-37-40-43-46-49-52-55-58-61-67(70)73-64-66(75-69(72)63-60-57-54-51-48-45-42-39-36-33-30-27-24-21-18-15-12-9-6-3)65-74-68(71)62-59-56-53-50-47-44-41-38-35-32-29-26-23-20-17-14-11-8-5-2/h7,9-10,12,16,18-19,21,25,27-28,30,34,36-37,39,43,45-46,48,66H,4-6,8,11,13-15,17,20,22-24,26,29,31-33,35,38,40-42,44,47,49-65H2,1-3H3/b10-7-,12-9-,19-16-,21-18-,28-25-,30-27-,37-34-,39-36-,46-43-,48-45-/t66-/m1/s1. The third kappa shape index (κ3) is 60.6. The van der Waals surface area contributed by atoms with E-state index in [0.29, 0.717) is 12.8 Å². The minimum Gasteiger partial charge on any atom is -0.462 e. The third-order valence-electron chi connectivity index (χ3n) is 13.0. The maximum Gasteiger partial charge on any atom is 0.306 e. The van der Waals surface area contributed by atoms with Gasteiger partial charge in [0.25, 0.3) is 0 Å². The Kier molecular flexibility index (Phi) is 58.9. The number of unbranched alkanes of at least 4 members (excludes halogenated alkanes) is 24. The highest BCUT2D eigenvalue weighted by Gasteiger charge is 2.19. The molecular formula is C69H114O6. The number of esters is 3. The first-order valence-electron chi connectivity index (χ1n) is 31.0. The molecule has 75 heavy (non-hydrogen) atoms. The quantitative estimate of drug-likeness (QED) is 0.0261. The van der Waals surface area contributed by atoms with Crippen molar-refractivity contribution in [1.82, 2.24) is 0 Å². The first-order chi connectivity index (χ1) is 37.0. The molecule has 0 N–H and O–H groups in total. The second-order valence-corrected chi connectivity index (χ2v) is 20.2. The van der Waals surface area contributed by atoms with Crippen molar-refractivity contribution in [3.63, 3.8) is 0 Å². The van der Waals surface area contributed by atoms with E-state index < -0.39 is 6.10 Å². The topological polar surface area (TPSA) is 78.9 Å². The molecular weight excluding hydrogens is 925 g/mol. The van der Waals surface area contributed by atoms with Gasteiger partial charge in [-0.2, -0.15) is 0 Å². The minimum absolute atomic E-state index is 0.103. The summed E-state index contributed by atoms with van der Waals surface area (Å²) in [4.78, 5) is 38.3. The number of rotatable bonds is 55. The van der Waals surface area contributed by atoms with Crippen LogP contribution >= 0.6 is 0 Å². The number of carbonyl (C=O) groups excluding carboxylic acids is 3. The van der Waals surface area contributed by atoms with Gasteiger partial charge in [0.1, 0.15) is 13.2 Å². The Labute approximate surface area is 462 Å². The maximum absolute atomic E-state index is 12.9. The fraction of sp³-hybridized carbons (Fsp3) is 0.667. The molecule has 0 aliphatic rings. The number of hydrogen-bond donors (Lipinski definition) is 0. The maximum atomic E-state index is 12.9. The number of allylic oxidation sites excluding steroid dienone is 20. The fourth-order valence-electron chi connectivity index (χ4n) is 8.38. The van der Waals surface area contributed by atoms with Gasteiger partial charge in [0.05, 0.1) is 0 Å². The van der Waals surface area contributed by atoms with Gasteiger partial charge in [-0.1, -0.05) is 271 Å². The first kappa shape index (κ1) is 70.8. The van der Waals surface area contributed by atoms with Crippen molar-refractivity contribution in [2.24, 2.45) is 0 Å². The van der Waals surface area contributed by atoms with E-state index in [1.54, 1.807) is 0 Å². The van der Waals surface area contributed by atoms with E-state index in [4.69, 9.17) is 14.2 Å². The van der Waals surface area contributed by atoms with E-state index in [-0.39, 0.29) is 37.5 Å². The van der Waals surface area contributed by atoms with Crippen LogP contribution in [0, 0.1) is 0 Å². The van der Waals surface area contributed by atoms with Crippen molar-refractivity contribution < 1.29 is 28.6 Å². The second kappa shape index (κ2) is 62.4. The molecule has 0 aromatic rings. The SMILES string of the molecule is CC/C=C\C/C=C\C/C=C\C/C=C\C/C=C\CCCCCC(=O)OC[C@H](COC(=O)CCCCCCCCCCCCCCCCCCCCC)OC(=O)CCCCC/C=C\C/C=C\C/C=C\C/C=C\C/C=C\CC. The second-order valence-electron chi connectivity index (χ2n) is 20.2. The van der Waals surface area contributed by atoms with Gasteiger partial charge in [-0.25, -0.2) is 0 Å². The largest absolute Gasteiger partial charge is 0.462 e. The summed E-state index contributed by atoms with van der Waals surface area (Å²) >= 11 is 0. The number of ether oxygens (including phenoxy) is 3. The van der Waals surface area contributed by atoms with E-state index in [9.17, 15) is 14.4 Å². The van der Waals surface area contributed by atoms with E-state index in [1.807, 2.05) is 0 Å². The zero-order valence-electron chi connectivity index (χ0n) is 48.8. The molecule has 0 heterocycles. The van der Waals surface area contributed by atoms with Crippen molar-refractivity contribution >= 4 is 17.9 Å². The Morgan fingerprint density at radius 3 is 0.813 bits per heavy atom. The molecule has 0 aliphatic carbocycles. The average Bonchev–Trinajstić information content (AvgIpc) is 3.41. The van der Waals surface area contributed by atoms with Gasteiger partial charge < -0.3 is 14.2 Å². The van der Waals surface area contributed by atoms with Gasteiger partial charge in [-0.3, -0.25) is 14.4 Å². The lowest BCUT2D eigenvalue weighted by atomic mass is 10.0. The van der Waals surface area contributed by atoms with Crippen LogP contribution in [0.1, 0.15) is 278 Å². The van der Waals surface area contributed by atoms with Gasteiger partial charge in [-0.05, 0) is 109 Å². The van der Waals surface area contributed by atoms with Crippen molar-refractivity contribution in [3.05, 3.63) is 122 Å². The average molecular weight is 1040 g/mol. The highest BCUT2D eigenvalue weighted by molar-refractivity contribution is 5.71. The van der Waals surface area contributed by atoms with Crippen LogP contribution < -0.4 is 0 Å². The highest BCUT2D eigenvalue weighted by Crippen LogP contribution is 2.16. The number of hydrogen-bond acceptors (Lipinski definition) is 6.